The molecule has 1 saturated heterocycles. The lowest BCUT2D eigenvalue weighted by molar-refractivity contribution is -0.144. The predicted molar refractivity (Wildman–Crippen MR) is 125 cm³/mol. The van der Waals surface area contributed by atoms with Gasteiger partial charge in [0, 0.05) is 32.3 Å². The lowest BCUT2D eigenvalue weighted by Crippen LogP contribution is -2.38. The zero-order valence-corrected chi connectivity index (χ0v) is 19.4. The third kappa shape index (κ3) is 4.25. The highest BCUT2D eigenvalue weighted by molar-refractivity contribution is 5.87. The number of carboxylic acid groups (broad SMARTS) is 1. The van der Waals surface area contributed by atoms with Crippen molar-refractivity contribution in [2.75, 3.05) is 33.9 Å². The number of aliphatic carboxylic acids is 1. The van der Waals surface area contributed by atoms with Gasteiger partial charge in [-0.3, -0.25) is 4.79 Å². The van der Waals surface area contributed by atoms with Gasteiger partial charge in [-0.1, -0.05) is 17.7 Å². The molecule has 2 aromatic carbocycles. The molecule has 2 fully saturated rings. The van der Waals surface area contributed by atoms with Crippen molar-refractivity contribution in [1.82, 2.24) is 4.90 Å². The Balaban J connectivity index is 1.51. The van der Waals surface area contributed by atoms with Crippen molar-refractivity contribution in [3.8, 4) is 11.5 Å². The highest BCUT2D eigenvalue weighted by atomic mass is 16.5. The Morgan fingerprint density at radius 3 is 2.55 bits per heavy atom. The maximum Gasteiger partial charge on any atom is 0.310 e. The molecule has 0 aromatic heterocycles. The Hall–Kier alpha value is -2.83. The monoisotopic (exact) mass is 449 g/mol. The van der Waals surface area contributed by atoms with E-state index in [4.69, 9.17) is 14.2 Å². The van der Waals surface area contributed by atoms with E-state index in [2.05, 4.69) is 29.2 Å². The molecule has 5 rings (SSSR count). The number of methoxy groups -OCH3 is 2. The van der Waals surface area contributed by atoms with Gasteiger partial charge in [-0.25, -0.2) is 0 Å². The van der Waals surface area contributed by atoms with Gasteiger partial charge in [-0.2, -0.15) is 0 Å². The van der Waals surface area contributed by atoms with Gasteiger partial charge < -0.3 is 24.2 Å². The molecule has 0 spiro atoms. The second kappa shape index (κ2) is 8.84. The van der Waals surface area contributed by atoms with E-state index in [1.807, 2.05) is 12.1 Å². The summed E-state index contributed by atoms with van der Waals surface area (Å²) < 4.78 is 17.1. The van der Waals surface area contributed by atoms with E-state index >= 15 is 0 Å². The summed E-state index contributed by atoms with van der Waals surface area (Å²) >= 11 is 0. The molecule has 6 heteroatoms. The third-order valence-electron chi connectivity index (χ3n) is 7.24. The zero-order valence-electron chi connectivity index (χ0n) is 19.4. The van der Waals surface area contributed by atoms with Crippen molar-refractivity contribution in [3.63, 3.8) is 0 Å². The third-order valence-corrected chi connectivity index (χ3v) is 7.24. The SMILES string of the molecule is COCc1ccc2c(c1)COc1ccc(OC)cc1C2=C1CCN(CC2(C(=O)O)CC2)CC1. The van der Waals surface area contributed by atoms with Gasteiger partial charge in [-0.15, -0.1) is 0 Å². The van der Waals surface area contributed by atoms with Crippen LogP contribution in [0.3, 0.4) is 0 Å². The minimum absolute atomic E-state index is 0.509. The van der Waals surface area contributed by atoms with E-state index in [1.54, 1.807) is 14.2 Å². The Bertz CT molecular complexity index is 1090. The number of carboxylic acids is 1. The van der Waals surface area contributed by atoms with Crippen LogP contribution < -0.4 is 9.47 Å². The van der Waals surface area contributed by atoms with Gasteiger partial charge in [0.2, 0.25) is 0 Å². The molecule has 174 valence electrons. The first-order valence-electron chi connectivity index (χ1n) is 11.6. The minimum Gasteiger partial charge on any atom is -0.497 e. The fourth-order valence-corrected chi connectivity index (χ4v) is 5.16. The van der Waals surface area contributed by atoms with Crippen LogP contribution in [-0.2, 0) is 22.7 Å². The predicted octanol–water partition coefficient (Wildman–Crippen LogP) is 4.50. The minimum atomic E-state index is -0.644. The zero-order chi connectivity index (χ0) is 23.0. The molecular formula is C27H31NO5. The molecule has 6 nitrogen and oxygen atoms in total. The molecule has 1 saturated carbocycles. The van der Waals surface area contributed by atoms with E-state index in [0.717, 1.165) is 67.0 Å². The maximum atomic E-state index is 11.6. The number of hydrogen-bond donors (Lipinski definition) is 1. The molecule has 2 aliphatic heterocycles. The fraction of sp³-hybridized carbons (Fsp3) is 0.444. The van der Waals surface area contributed by atoms with Gasteiger partial charge in [0.05, 0.1) is 19.1 Å². The Morgan fingerprint density at radius 2 is 1.88 bits per heavy atom. The smallest absolute Gasteiger partial charge is 0.310 e. The molecular weight excluding hydrogens is 418 g/mol. The summed E-state index contributed by atoms with van der Waals surface area (Å²) in [5.41, 5.74) is 6.69. The van der Waals surface area contributed by atoms with E-state index in [1.165, 1.54) is 16.7 Å². The summed E-state index contributed by atoms with van der Waals surface area (Å²) in [7, 11) is 3.40. The first-order valence-corrected chi connectivity index (χ1v) is 11.6. The van der Waals surface area contributed by atoms with Crippen LogP contribution in [0.2, 0.25) is 0 Å². The number of fused-ring (bicyclic) bond motifs is 2. The number of piperidine rings is 1. The van der Waals surface area contributed by atoms with Gasteiger partial charge in [0.15, 0.2) is 0 Å². The summed E-state index contributed by atoms with van der Waals surface area (Å²) in [6, 6.07) is 12.5. The molecule has 0 radical (unpaired) electrons. The highest BCUT2D eigenvalue weighted by Crippen LogP contribution is 2.47. The molecule has 0 atom stereocenters. The van der Waals surface area contributed by atoms with Crippen molar-refractivity contribution < 1.29 is 24.1 Å². The summed E-state index contributed by atoms with van der Waals surface area (Å²) in [5, 5.41) is 9.58. The number of rotatable bonds is 6. The van der Waals surface area contributed by atoms with Crippen LogP contribution in [0.25, 0.3) is 5.57 Å². The Labute approximate surface area is 194 Å². The quantitative estimate of drug-likeness (QED) is 0.701. The van der Waals surface area contributed by atoms with Crippen molar-refractivity contribution in [1.29, 1.82) is 0 Å². The lowest BCUT2D eigenvalue weighted by Gasteiger charge is -2.32. The number of hydrogen-bond acceptors (Lipinski definition) is 5. The molecule has 2 aromatic rings. The molecule has 0 amide bonds. The van der Waals surface area contributed by atoms with E-state index in [-0.39, 0.29) is 0 Å². The van der Waals surface area contributed by atoms with Crippen LogP contribution in [0.15, 0.2) is 42.0 Å². The molecule has 0 bridgehead atoms. The number of carbonyl (C=O) groups is 1. The molecule has 1 aliphatic carbocycles. The summed E-state index contributed by atoms with van der Waals surface area (Å²) in [5.74, 6) is 1.03. The van der Waals surface area contributed by atoms with E-state index in [0.29, 0.717) is 19.8 Å². The first kappa shape index (κ1) is 22.0. The standard InChI is InChI=1S/C27H31NO5/c1-31-15-18-3-5-22-20(13-18)16-33-24-6-4-21(32-2)14-23(24)25(22)19-7-11-28(12-8-19)17-27(9-10-27)26(29)30/h3-6,13-14H,7-12,15-17H2,1-2H3,(H,29,30). The fourth-order valence-electron chi connectivity index (χ4n) is 5.16. The highest BCUT2D eigenvalue weighted by Gasteiger charge is 2.51. The van der Waals surface area contributed by atoms with Gasteiger partial charge >= 0.3 is 5.97 Å². The Morgan fingerprint density at radius 1 is 1.09 bits per heavy atom. The van der Waals surface area contributed by atoms with Crippen molar-refractivity contribution >= 4 is 11.5 Å². The average molecular weight is 450 g/mol. The van der Waals surface area contributed by atoms with Gasteiger partial charge in [0.1, 0.15) is 18.1 Å². The van der Waals surface area contributed by atoms with E-state index in [9.17, 15) is 9.90 Å². The molecule has 1 N–H and O–H groups in total. The second-order valence-corrected chi connectivity index (χ2v) is 9.42. The van der Waals surface area contributed by atoms with Crippen molar-refractivity contribution in [3.05, 3.63) is 64.2 Å². The summed E-state index contributed by atoms with van der Waals surface area (Å²) in [6.45, 7) is 3.50. The van der Waals surface area contributed by atoms with Crippen LogP contribution in [0, 0.1) is 5.41 Å². The molecule has 33 heavy (non-hydrogen) atoms. The maximum absolute atomic E-state index is 11.6. The number of ether oxygens (including phenoxy) is 3. The number of likely N-dealkylation sites (tertiary alicyclic amines) is 1. The number of nitrogens with zero attached hydrogens (tertiary/aromatic N) is 1. The van der Waals surface area contributed by atoms with Crippen LogP contribution in [0.5, 0.6) is 11.5 Å². The van der Waals surface area contributed by atoms with Crippen LogP contribution in [0.1, 0.15) is 47.9 Å². The lowest BCUT2D eigenvalue weighted by atomic mass is 9.85. The second-order valence-electron chi connectivity index (χ2n) is 9.42. The van der Waals surface area contributed by atoms with Crippen LogP contribution in [-0.4, -0.2) is 49.8 Å². The normalized spacial score (nSPS) is 19.2. The first-order chi connectivity index (χ1) is 16.0. The Kier molecular flexibility index (Phi) is 5.89. The molecule has 0 unspecified atom stereocenters. The van der Waals surface area contributed by atoms with Crippen LogP contribution >= 0.6 is 0 Å². The van der Waals surface area contributed by atoms with E-state index < -0.39 is 11.4 Å². The van der Waals surface area contributed by atoms with Crippen molar-refractivity contribution in [2.24, 2.45) is 5.41 Å². The molecule has 3 aliphatic rings. The topological polar surface area (TPSA) is 68.2 Å². The number of benzene rings is 2. The summed E-state index contributed by atoms with van der Waals surface area (Å²) in [4.78, 5) is 14.0. The molecule has 2 heterocycles. The summed E-state index contributed by atoms with van der Waals surface area (Å²) in [6.07, 6.45) is 3.44. The van der Waals surface area contributed by atoms with Crippen LogP contribution in [0.4, 0.5) is 0 Å². The van der Waals surface area contributed by atoms with Gasteiger partial charge in [-0.05, 0) is 72.2 Å². The largest absolute Gasteiger partial charge is 0.497 e. The average Bonchev–Trinajstić information content (AvgIpc) is 3.63. The van der Waals surface area contributed by atoms with Gasteiger partial charge in [0.25, 0.3) is 0 Å². The van der Waals surface area contributed by atoms with Crippen molar-refractivity contribution in [2.45, 2.75) is 38.9 Å².